The molecule has 0 spiro atoms. The molecule has 0 aromatic rings. The van der Waals surface area contributed by atoms with Crippen molar-refractivity contribution in [3.8, 4) is 0 Å². The second kappa shape index (κ2) is 7.24. The quantitative estimate of drug-likeness (QED) is 0.675. The van der Waals surface area contributed by atoms with E-state index in [0.717, 1.165) is 4.31 Å². The Morgan fingerprint density at radius 3 is 2.32 bits per heavy atom. The fraction of sp³-hybridized carbons (Fsp3) is 0.917. The zero-order valence-electron chi connectivity index (χ0n) is 13.1. The van der Waals surface area contributed by atoms with E-state index in [1.165, 1.54) is 18.4 Å². The molecule has 0 aliphatic carbocycles. The Morgan fingerprint density at radius 1 is 1.23 bits per heavy atom. The van der Waals surface area contributed by atoms with Crippen molar-refractivity contribution < 1.29 is 26.7 Å². The van der Waals surface area contributed by atoms with Gasteiger partial charge in [0.25, 0.3) is 0 Å². The zero-order valence-corrected chi connectivity index (χ0v) is 14.7. The van der Waals surface area contributed by atoms with Gasteiger partial charge >= 0.3 is 5.97 Å². The fourth-order valence-corrected chi connectivity index (χ4v) is 5.42. The molecule has 1 N–H and O–H groups in total. The highest BCUT2D eigenvalue weighted by molar-refractivity contribution is 7.90. The van der Waals surface area contributed by atoms with Gasteiger partial charge in [0.05, 0.1) is 17.4 Å². The summed E-state index contributed by atoms with van der Waals surface area (Å²) in [7, 11) is -4.30. The van der Waals surface area contributed by atoms with E-state index in [-0.39, 0.29) is 24.5 Å². The number of hydrogen-bond donors (Lipinski definition) is 1. The molecule has 1 aliphatic heterocycles. The lowest BCUT2D eigenvalue weighted by Gasteiger charge is -2.36. The predicted molar refractivity (Wildman–Crippen MR) is 82.4 cm³/mol. The molecule has 0 amide bonds. The molecule has 2 atom stereocenters. The molecular formula is C12H24N2O6S2. The number of carboxylic acids is 1. The molecule has 1 aliphatic rings. The number of aliphatic carboxylic acids is 1. The minimum Gasteiger partial charge on any atom is -0.481 e. The summed E-state index contributed by atoms with van der Waals surface area (Å²) in [5.41, 5.74) is 0. The molecule has 0 unspecified atom stereocenters. The van der Waals surface area contributed by atoms with Gasteiger partial charge in [-0.2, -0.15) is 4.31 Å². The Hall–Kier alpha value is -0.710. The Kier molecular flexibility index (Phi) is 6.36. The van der Waals surface area contributed by atoms with Gasteiger partial charge in [-0.3, -0.25) is 4.79 Å². The van der Waals surface area contributed by atoms with Gasteiger partial charge in [-0.25, -0.2) is 21.1 Å². The van der Waals surface area contributed by atoms with Gasteiger partial charge in [0.1, 0.15) is 0 Å². The molecule has 0 saturated carbocycles. The van der Waals surface area contributed by atoms with Gasteiger partial charge in [0.15, 0.2) is 0 Å². The summed E-state index contributed by atoms with van der Waals surface area (Å²) in [5, 5.41) is 9.13. The van der Waals surface area contributed by atoms with Gasteiger partial charge in [-0.05, 0) is 26.2 Å². The van der Waals surface area contributed by atoms with Crippen LogP contribution < -0.4 is 0 Å². The van der Waals surface area contributed by atoms with Crippen LogP contribution in [0.4, 0.5) is 0 Å². The van der Waals surface area contributed by atoms with Gasteiger partial charge in [0, 0.05) is 26.7 Å². The van der Waals surface area contributed by atoms with Crippen molar-refractivity contribution >= 4 is 26.0 Å². The summed E-state index contributed by atoms with van der Waals surface area (Å²) < 4.78 is 50.2. The first-order chi connectivity index (χ1) is 9.99. The second-order valence-corrected chi connectivity index (χ2v) is 10.0. The first kappa shape index (κ1) is 19.3. The van der Waals surface area contributed by atoms with Crippen LogP contribution in [0.2, 0.25) is 0 Å². The van der Waals surface area contributed by atoms with Crippen molar-refractivity contribution in [3.05, 3.63) is 0 Å². The molecule has 8 nitrogen and oxygen atoms in total. The maximum atomic E-state index is 12.3. The van der Waals surface area contributed by atoms with Crippen LogP contribution in [0.3, 0.4) is 0 Å². The molecule has 22 heavy (non-hydrogen) atoms. The van der Waals surface area contributed by atoms with Crippen LogP contribution in [0.1, 0.15) is 26.2 Å². The molecule has 1 rings (SSSR count). The van der Waals surface area contributed by atoms with E-state index in [9.17, 15) is 21.6 Å². The molecule has 0 aromatic carbocycles. The highest BCUT2D eigenvalue weighted by Crippen LogP contribution is 2.26. The smallest absolute Gasteiger partial charge is 0.308 e. The van der Waals surface area contributed by atoms with Crippen molar-refractivity contribution in [2.75, 3.05) is 32.1 Å². The Balaban J connectivity index is 2.72. The van der Waals surface area contributed by atoms with Gasteiger partial charge in [-0.1, -0.05) is 0 Å². The Bertz CT molecular complexity index is 599. The molecular weight excluding hydrogens is 332 g/mol. The number of nitrogens with zero attached hydrogens (tertiary/aromatic N) is 2. The third-order valence-electron chi connectivity index (χ3n) is 3.97. The lowest BCUT2D eigenvalue weighted by atomic mass is 9.92. The normalized spacial score (nSPS) is 24.5. The molecule has 1 fully saturated rings. The summed E-state index contributed by atoms with van der Waals surface area (Å²) in [5.74, 6) is -2.25. The second-order valence-electron chi connectivity index (χ2n) is 5.71. The van der Waals surface area contributed by atoms with Crippen LogP contribution in [-0.2, 0) is 24.8 Å². The summed E-state index contributed by atoms with van der Waals surface area (Å²) in [6.07, 6.45) is 0.942. The topological polar surface area (TPSA) is 112 Å². The summed E-state index contributed by atoms with van der Waals surface area (Å²) >= 11 is 0. The van der Waals surface area contributed by atoms with Crippen molar-refractivity contribution in [1.82, 2.24) is 8.61 Å². The van der Waals surface area contributed by atoms with E-state index in [1.807, 2.05) is 0 Å². The molecule has 1 heterocycles. The van der Waals surface area contributed by atoms with E-state index >= 15 is 0 Å². The fourth-order valence-electron chi connectivity index (χ4n) is 2.56. The third kappa shape index (κ3) is 4.64. The third-order valence-corrected chi connectivity index (χ3v) is 7.92. The monoisotopic (exact) mass is 356 g/mol. The molecule has 0 bridgehead atoms. The van der Waals surface area contributed by atoms with Gasteiger partial charge in [0.2, 0.25) is 20.0 Å². The summed E-state index contributed by atoms with van der Waals surface area (Å²) in [6.45, 7) is 1.87. The average Bonchev–Trinajstić information content (AvgIpc) is 2.37. The maximum absolute atomic E-state index is 12.3. The van der Waals surface area contributed by atoms with Gasteiger partial charge in [-0.15, -0.1) is 0 Å². The van der Waals surface area contributed by atoms with Crippen LogP contribution >= 0.6 is 0 Å². The van der Waals surface area contributed by atoms with Crippen LogP contribution in [-0.4, -0.2) is 74.7 Å². The molecule has 10 heteroatoms. The van der Waals surface area contributed by atoms with E-state index in [2.05, 4.69) is 0 Å². The minimum absolute atomic E-state index is 0.0101. The Labute approximate surface area is 132 Å². The molecule has 0 aromatic heterocycles. The highest BCUT2D eigenvalue weighted by Gasteiger charge is 2.38. The van der Waals surface area contributed by atoms with Crippen LogP contribution in [0.25, 0.3) is 0 Å². The minimum atomic E-state index is -3.66. The average molecular weight is 356 g/mol. The zero-order chi connectivity index (χ0) is 17.1. The lowest BCUT2D eigenvalue weighted by molar-refractivity contribution is -0.144. The lowest BCUT2D eigenvalue weighted by Crippen LogP contribution is -2.49. The number of piperidine rings is 1. The van der Waals surface area contributed by atoms with E-state index in [0.29, 0.717) is 12.8 Å². The first-order valence-electron chi connectivity index (χ1n) is 7.11. The molecule has 130 valence electrons. The SMILES string of the molecule is C[C@@H]1[C@H](C(=O)O)CCCN1S(=O)(=O)CCCS(=O)(=O)N(C)C. The predicted octanol–water partition coefficient (Wildman–Crippen LogP) is -0.217. The molecule has 1 saturated heterocycles. The van der Waals surface area contributed by atoms with Crippen molar-refractivity contribution in [2.24, 2.45) is 5.92 Å². The van der Waals surface area contributed by atoms with Crippen LogP contribution in [0.5, 0.6) is 0 Å². The number of carboxylic acid groups (broad SMARTS) is 1. The van der Waals surface area contributed by atoms with E-state index < -0.39 is 38.0 Å². The van der Waals surface area contributed by atoms with E-state index in [1.54, 1.807) is 6.92 Å². The van der Waals surface area contributed by atoms with E-state index in [4.69, 9.17) is 5.11 Å². The van der Waals surface area contributed by atoms with Crippen LogP contribution in [0.15, 0.2) is 0 Å². The van der Waals surface area contributed by atoms with Gasteiger partial charge < -0.3 is 5.11 Å². The number of carbonyl (C=O) groups is 1. The van der Waals surface area contributed by atoms with Crippen molar-refractivity contribution in [1.29, 1.82) is 0 Å². The number of rotatable bonds is 7. The first-order valence-corrected chi connectivity index (χ1v) is 10.3. The largest absolute Gasteiger partial charge is 0.481 e. The summed E-state index contributed by atoms with van der Waals surface area (Å²) in [6, 6.07) is -0.610. The van der Waals surface area contributed by atoms with Crippen LogP contribution in [0, 0.1) is 5.92 Å². The maximum Gasteiger partial charge on any atom is 0.308 e. The van der Waals surface area contributed by atoms with Crippen molar-refractivity contribution in [3.63, 3.8) is 0 Å². The Morgan fingerprint density at radius 2 is 1.82 bits per heavy atom. The summed E-state index contributed by atoms with van der Waals surface area (Å²) in [4.78, 5) is 11.2. The number of hydrogen-bond acceptors (Lipinski definition) is 5. The van der Waals surface area contributed by atoms with Crippen molar-refractivity contribution in [2.45, 2.75) is 32.2 Å². The standard InChI is InChI=1S/C12H24N2O6S2/c1-10-11(12(15)16)6-4-7-14(10)22(19,20)9-5-8-21(17,18)13(2)3/h10-11H,4-9H2,1-3H3,(H,15,16)/t10-,11-/m1/s1. The number of sulfonamides is 2. The molecule has 0 radical (unpaired) electrons. The highest BCUT2D eigenvalue weighted by atomic mass is 32.2.